The molecule has 0 radical (unpaired) electrons. The fourth-order valence-electron chi connectivity index (χ4n) is 1.74. The molecule has 14 heavy (non-hydrogen) atoms. The fourth-order valence-corrected chi connectivity index (χ4v) is 2.43. The minimum atomic E-state index is -0.651. The molecule has 0 aromatic heterocycles. The van der Waals surface area contributed by atoms with Crippen molar-refractivity contribution in [3.05, 3.63) is 12.2 Å². The Morgan fingerprint density at radius 2 is 2.43 bits per heavy atom. The van der Waals surface area contributed by atoms with Crippen LogP contribution in [0.1, 0.15) is 32.6 Å². The van der Waals surface area contributed by atoms with Gasteiger partial charge >= 0.3 is 0 Å². The number of rotatable bonds is 5. The van der Waals surface area contributed by atoms with Crippen molar-refractivity contribution in [2.75, 3.05) is 12.0 Å². The third-order valence-corrected chi connectivity index (χ3v) is 3.40. The van der Waals surface area contributed by atoms with Crippen molar-refractivity contribution in [2.24, 2.45) is 0 Å². The molecule has 82 valence electrons. The summed E-state index contributed by atoms with van der Waals surface area (Å²) in [6, 6.07) is 1.02. The van der Waals surface area contributed by atoms with Crippen LogP contribution in [0.25, 0.3) is 0 Å². The van der Waals surface area contributed by atoms with Crippen molar-refractivity contribution in [3.8, 4) is 0 Å². The molecule has 1 rings (SSSR count). The van der Waals surface area contributed by atoms with Gasteiger partial charge < -0.3 is 5.32 Å². The van der Waals surface area contributed by atoms with Gasteiger partial charge in [-0.05, 0) is 32.6 Å². The number of nitrogens with one attached hydrogen (secondary N) is 1. The average molecular weight is 215 g/mol. The molecule has 0 bridgehead atoms. The van der Waals surface area contributed by atoms with Crippen molar-refractivity contribution in [2.45, 2.75) is 44.7 Å². The van der Waals surface area contributed by atoms with Gasteiger partial charge in [0.2, 0.25) is 0 Å². The Morgan fingerprint density at radius 1 is 1.64 bits per heavy atom. The Balaban J connectivity index is 2.18. The van der Waals surface area contributed by atoms with Crippen molar-refractivity contribution in [1.82, 2.24) is 5.32 Å². The van der Waals surface area contributed by atoms with Crippen LogP contribution in [0.2, 0.25) is 0 Å². The van der Waals surface area contributed by atoms with Crippen LogP contribution in [0.5, 0.6) is 0 Å². The molecular formula is C11H21NOS. The first-order valence-corrected chi connectivity index (χ1v) is 7.14. The van der Waals surface area contributed by atoms with Gasteiger partial charge in [0.25, 0.3) is 0 Å². The summed E-state index contributed by atoms with van der Waals surface area (Å²) in [4.78, 5) is 0. The van der Waals surface area contributed by atoms with E-state index in [9.17, 15) is 4.21 Å². The predicted molar refractivity (Wildman–Crippen MR) is 62.9 cm³/mol. The van der Waals surface area contributed by atoms with E-state index in [1.54, 1.807) is 6.26 Å². The first-order valence-electron chi connectivity index (χ1n) is 5.41. The highest BCUT2D eigenvalue weighted by molar-refractivity contribution is 7.84. The van der Waals surface area contributed by atoms with Gasteiger partial charge in [-0.1, -0.05) is 12.2 Å². The zero-order valence-corrected chi connectivity index (χ0v) is 9.98. The van der Waals surface area contributed by atoms with Crippen LogP contribution in [0.15, 0.2) is 12.2 Å². The van der Waals surface area contributed by atoms with E-state index in [0.717, 1.165) is 12.2 Å². The van der Waals surface area contributed by atoms with Gasteiger partial charge in [-0.15, -0.1) is 0 Å². The van der Waals surface area contributed by atoms with Crippen LogP contribution < -0.4 is 5.32 Å². The van der Waals surface area contributed by atoms with Gasteiger partial charge in [0.1, 0.15) is 0 Å². The van der Waals surface area contributed by atoms with E-state index in [0.29, 0.717) is 12.1 Å². The lowest BCUT2D eigenvalue weighted by Crippen LogP contribution is -2.36. The van der Waals surface area contributed by atoms with E-state index in [4.69, 9.17) is 0 Å². The first kappa shape index (κ1) is 11.9. The normalized spacial score (nSPS) is 26.0. The zero-order valence-electron chi connectivity index (χ0n) is 9.16. The lowest BCUT2D eigenvalue weighted by Gasteiger charge is -2.22. The van der Waals surface area contributed by atoms with E-state index in [1.807, 2.05) is 0 Å². The maximum Gasteiger partial charge on any atom is 0.0252 e. The topological polar surface area (TPSA) is 29.1 Å². The molecule has 1 aliphatic rings. The summed E-state index contributed by atoms with van der Waals surface area (Å²) in [6.07, 6.45) is 11.1. The van der Waals surface area contributed by atoms with Crippen LogP contribution in [0, 0.1) is 0 Å². The molecule has 3 atom stereocenters. The van der Waals surface area contributed by atoms with Crippen molar-refractivity contribution in [1.29, 1.82) is 0 Å². The maximum atomic E-state index is 10.9. The van der Waals surface area contributed by atoms with Crippen LogP contribution in [0.4, 0.5) is 0 Å². The minimum Gasteiger partial charge on any atom is -0.308 e. The second-order valence-electron chi connectivity index (χ2n) is 4.10. The lowest BCUT2D eigenvalue weighted by molar-refractivity contribution is 0.450. The molecule has 0 heterocycles. The SMILES string of the molecule is CC(CCS(C)=O)NC1C=CCCC1. The quantitative estimate of drug-likeness (QED) is 0.709. The molecule has 1 aliphatic carbocycles. The van der Waals surface area contributed by atoms with E-state index in [1.165, 1.54) is 19.3 Å². The van der Waals surface area contributed by atoms with Gasteiger partial charge in [0.05, 0.1) is 0 Å². The van der Waals surface area contributed by atoms with Gasteiger partial charge in [-0.3, -0.25) is 4.21 Å². The highest BCUT2D eigenvalue weighted by Gasteiger charge is 2.11. The fraction of sp³-hybridized carbons (Fsp3) is 0.818. The Kier molecular flexibility index (Phi) is 5.41. The number of hydrogen-bond donors (Lipinski definition) is 1. The molecule has 0 saturated carbocycles. The molecule has 3 heteroatoms. The highest BCUT2D eigenvalue weighted by Crippen LogP contribution is 2.11. The third-order valence-electron chi connectivity index (χ3n) is 2.59. The summed E-state index contributed by atoms with van der Waals surface area (Å²) in [7, 11) is -0.651. The monoisotopic (exact) mass is 215 g/mol. The molecule has 0 spiro atoms. The van der Waals surface area contributed by atoms with E-state index in [2.05, 4.69) is 24.4 Å². The van der Waals surface area contributed by atoms with Crippen molar-refractivity contribution < 1.29 is 4.21 Å². The van der Waals surface area contributed by atoms with Gasteiger partial charge in [0, 0.05) is 34.9 Å². The Labute approximate surface area is 89.6 Å². The molecule has 0 aromatic rings. The third kappa shape index (κ3) is 4.91. The summed E-state index contributed by atoms with van der Waals surface area (Å²) in [5.74, 6) is 0.810. The average Bonchev–Trinajstić information content (AvgIpc) is 2.16. The summed E-state index contributed by atoms with van der Waals surface area (Å²) < 4.78 is 10.9. The molecule has 0 aromatic carbocycles. The van der Waals surface area contributed by atoms with E-state index in [-0.39, 0.29) is 0 Å². The van der Waals surface area contributed by atoms with Gasteiger partial charge in [0.15, 0.2) is 0 Å². The van der Waals surface area contributed by atoms with Gasteiger partial charge in [-0.25, -0.2) is 0 Å². The Bertz CT molecular complexity index is 215. The predicted octanol–water partition coefficient (Wildman–Crippen LogP) is 1.84. The van der Waals surface area contributed by atoms with E-state index >= 15 is 0 Å². The van der Waals surface area contributed by atoms with Crippen molar-refractivity contribution >= 4 is 10.8 Å². The molecule has 0 aliphatic heterocycles. The smallest absolute Gasteiger partial charge is 0.0252 e. The molecule has 0 saturated heterocycles. The van der Waals surface area contributed by atoms with Crippen LogP contribution in [0.3, 0.4) is 0 Å². The molecule has 2 nitrogen and oxygen atoms in total. The van der Waals surface area contributed by atoms with Crippen LogP contribution >= 0.6 is 0 Å². The first-order chi connectivity index (χ1) is 6.68. The molecule has 1 N–H and O–H groups in total. The Hall–Kier alpha value is -0.150. The highest BCUT2D eigenvalue weighted by atomic mass is 32.2. The number of hydrogen-bond acceptors (Lipinski definition) is 2. The van der Waals surface area contributed by atoms with Gasteiger partial charge in [-0.2, -0.15) is 0 Å². The van der Waals surface area contributed by atoms with Crippen LogP contribution in [-0.2, 0) is 10.8 Å². The summed E-state index contributed by atoms with van der Waals surface area (Å²) in [5.41, 5.74) is 0. The molecular weight excluding hydrogens is 194 g/mol. The second kappa shape index (κ2) is 6.36. The molecule has 3 unspecified atom stereocenters. The molecule has 0 amide bonds. The standard InChI is InChI=1S/C11H21NOS/c1-10(8-9-14(2)13)12-11-6-4-3-5-7-11/h4,6,10-12H,3,5,7-9H2,1-2H3. The number of allylic oxidation sites excluding steroid dienone is 1. The zero-order chi connectivity index (χ0) is 10.4. The Morgan fingerprint density at radius 3 is 3.00 bits per heavy atom. The largest absolute Gasteiger partial charge is 0.308 e. The van der Waals surface area contributed by atoms with Crippen LogP contribution in [-0.4, -0.2) is 28.3 Å². The lowest BCUT2D eigenvalue weighted by atomic mass is 10.0. The summed E-state index contributed by atoms with van der Waals surface area (Å²) >= 11 is 0. The molecule has 0 fully saturated rings. The minimum absolute atomic E-state index is 0.478. The second-order valence-corrected chi connectivity index (χ2v) is 5.65. The van der Waals surface area contributed by atoms with Crippen molar-refractivity contribution in [3.63, 3.8) is 0 Å². The summed E-state index contributed by atoms with van der Waals surface area (Å²) in [5, 5.41) is 3.55. The maximum absolute atomic E-state index is 10.9. The summed E-state index contributed by atoms with van der Waals surface area (Å²) in [6.45, 7) is 2.18. The van der Waals surface area contributed by atoms with E-state index < -0.39 is 10.8 Å².